The third kappa shape index (κ3) is 3.85. The predicted molar refractivity (Wildman–Crippen MR) is 102 cm³/mol. The Labute approximate surface area is 160 Å². The molecule has 0 aliphatic heterocycles. The first kappa shape index (κ1) is 18.7. The Morgan fingerprint density at radius 2 is 1.81 bits per heavy atom. The number of benzene rings is 2. The minimum absolute atomic E-state index is 0.297. The largest absolute Gasteiger partial charge is 0.481 e. The van der Waals surface area contributed by atoms with Gasteiger partial charge < -0.3 is 14.9 Å². The lowest BCUT2D eigenvalue weighted by molar-refractivity contribution is -0.138. The second-order valence-electron chi connectivity index (χ2n) is 6.08. The Balaban J connectivity index is 1.86. The summed E-state index contributed by atoms with van der Waals surface area (Å²) in [5.41, 5.74) is 2.45. The Morgan fingerprint density at radius 3 is 2.44 bits per heavy atom. The highest BCUT2D eigenvalue weighted by molar-refractivity contribution is 6.33. The highest BCUT2D eigenvalue weighted by atomic mass is 35.5. The van der Waals surface area contributed by atoms with Crippen molar-refractivity contribution in [2.75, 3.05) is 5.32 Å². The van der Waals surface area contributed by atoms with Crippen LogP contribution in [0.5, 0.6) is 0 Å². The molecule has 1 unspecified atom stereocenters. The van der Waals surface area contributed by atoms with Crippen molar-refractivity contribution in [2.45, 2.75) is 19.8 Å². The quantitative estimate of drug-likeness (QED) is 0.662. The van der Waals surface area contributed by atoms with Gasteiger partial charge in [-0.2, -0.15) is 0 Å². The van der Waals surface area contributed by atoms with Crippen molar-refractivity contribution >= 4 is 29.2 Å². The number of carbonyl (C=O) groups excluding carboxylic acids is 1. The number of nitrogens with zero attached hydrogens (tertiary/aromatic N) is 1. The van der Waals surface area contributed by atoms with Gasteiger partial charge in [-0.25, -0.2) is 0 Å². The summed E-state index contributed by atoms with van der Waals surface area (Å²) in [5, 5.41) is 16.3. The topological polar surface area (TPSA) is 92.4 Å². The maximum absolute atomic E-state index is 12.8. The van der Waals surface area contributed by atoms with E-state index in [9.17, 15) is 9.59 Å². The van der Waals surface area contributed by atoms with Crippen LogP contribution >= 0.6 is 11.6 Å². The Morgan fingerprint density at radius 1 is 1.15 bits per heavy atom. The summed E-state index contributed by atoms with van der Waals surface area (Å²) in [6.45, 7) is 3.26. The summed E-state index contributed by atoms with van der Waals surface area (Å²) in [5.74, 6) is -1.54. The van der Waals surface area contributed by atoms with Gasteiger partial charge in [-0.15, -0.1) is 0 Å². The minimum Gasteiger partial charge on any atom is -0.481 e. The molecule has 3 rings (SSSR count). The molecule has 2 N–H and O–H groups in total. The first-order valence-corrected chi connectivity index (χ1v) is 8.61. The number of carbonyl (C=O) groups is 2. The fourth-order valence-electron chi connectivity index (χ4n) is 2.67. The average molecular weight is 385 g/mol. The van der Waals surface area contributed by atoms with E-state index in [4.69, 9.17) is 21.2 Å². The second kappa shape index (κ2) is 7.63. The van der Waals surface area contributed by atoms with Gasteiger partial charge in [-0.05, 0) is 37.6 Å². The number of nitrogens with one attached hydrogen (secondary N) is 1. The van der Waals surface area contributed by atoms with Crippen LogP contribution in [0.25, 0.3) is 11.3 Å². The van der Waals surface area contributed by atoms with Gasteiger partial charge in [0.05, 0.1) is 10.9 Å². The molecule has 2 aromatic carbocycles. The van der Waals surface area contributed by atoms with E-state index in [1.54, 1.807) is 62.4 Å². The number of aromatic nitrogens is 1. The lowest BCUT2D eigenvalue weighted by atomic mass is 10.0. The number of carboxylic acid groups (broad SMARTS) is 1. The lowest BCUT2D eigenvalue weighted by Gasteiger charge is -2.09. The maximum Gasteiger partial charge on any atom is 0.310 e. The van der Waals surface area contributed by atoms with Crippen molar-refractivity contribution in [1.82, 2.24) is 5.16 Å². The first-order chi connectivity index (χ1) is 12.9. The van der Waals surface area contributed by atoms with Gasteiger partial charge in [0.1, 0.15) is 17.0 Å². The van der Waals surface area contributed by atoms with Crippen LogP contribution in [0.2, 0.25) is 5.02 Å². The van der Waals surface area contributed by atoms with E-state index >= 15 is 0 Å². The number of amides is 1. The van der Waals surface area contributed by atoms with Crippen LogP contribution in [0.15, 0.2) is 53.1 Å². The molecule has 1 atom stereocenters. The second-order valence-corrected chi connectivity index (χ2v) is 6.49. The molecule has 0 fully saturated rings. The lowest BCUT2D eigenvalue weighted by Crippen LogP contribution is -2.14. The third-order valence-electron chi connectivity index (χ3n) is 4.26. The SMILES string of the molecule is Cc1onc(-c2ccccc2Cl)c1C(=O)Nc1ccc(C(C)C(=O)O)cc1. The normalized spacial score (nSPS) is 11.8. The zero-order valence-corrected chi connectivity index (χ0v) is 15.4. The smallest absolute Gasteiger partial charge is 0.310 e. The molecule has 27 heavy (non-hydrogen) atoms. The molecule has 0 saturated heterocycles. The molecule has 1 amide bonds. The number of hydrogen-bond donors (Lipinski definition) is 2. The number of rotatable bonds is 5. The van der Waals surface area contributed by atoms with Crippen molar-refractivity contribution < 1.29 is 19.2 Å². The van der Waals surface area contributed by atoms with E-state index in [1.165, 1.54) is 0 Å². The Hall–Kier alpha value is -3.12. The maximum atomic E-state index is 12.8. The average Bonchev–Trinajstić information content (AvgIpc) is 3.03. The van der Waals surface area contributed by atoms with E-state index in [2.05, 4.69) is 10.5 Å². The van der Waals surface area contributed by atoms with Crippen molar-refractivity contribution in [2.24, 2.45) is 0 Å². The highest BCUT2D eigenvalue weighted by Crippen LogP contribution is 2.31. The first-order valence-electron chi connectivity index (χ1n) is 8.23. The zero-order valence-electron chi connectivity index (χ0n) is 14.7. The van der Waals surface area contributed by atoms with Crippen molar-refractivity contribution in [1.29, 1.82) is 0 Å². The van der Waals surface area contributed by atoms with E-state index in [-0.39, 0.29) is 5.91 Å². The van der Waals surface area contributed by atoms with Gasteiger partial charge in [-0.3, -0.25) is 9.59 Å². The summed E-state index contributed by atoms with van der Waals surface area (Å²) < 4.78 is 5.21. The van der Waals surface area contributed by atoms with E-state index in [0.29, 0.717) is 38.9 Å². The van der Waals surface area contributed by atoms with Crippen LogP contribution in [0.3, 0.4) is 0 Å². The van der Waals surface area contributed by atoms with Crippen LogP contribution in [0.1, 0.15) is 34.5 Å². The van der Waals surface area contributed by atoms with E-state index in [1.807, 2.05) is 0 Å². The molecule has 1 heterocycles. The molecule has 0 bridgehead atoms. The fraction of sp³-hybridized carbons (Fsp3) is 0.150. The summed E-state index contributed by atoms with van der Waals surface area (Å²) in [4.78, 5) is 23.8. The van der Waals surface area contributed by atoms with E-state index in [0.717, 1.165) is 0 Å². The third-order valence-corrected chi connectivity index (χ3v) is 4.59. The number of anilines is 1. The van der Waals surface area contributed by atoms with Crippen molar-refractivity contribution in [3.8, 4) is 11.3 Å². The van der Waals surface area contributed by atoms with Crippen molar-refractivity contribution in [3.05, 3.63) is 70.4 Å². The number of halogens is 1. The molecule has 138 valence electrons. The van der Waals surface area contributed by atoms with Gasteiger partial charge in [0.2, 0.25) is 0 Å². The van der Waals surface area contributed by atoms with Crippen molar-refractivity contribution in [3.63, 3.8) is 0 Å². The van der Waals surface area contributed by atoms with Gasteiger partial charge in [0.15, 0.2) is 0 Å². The van der Waals surface area contributed by atoms with Gasteiger partial charge >= 0.3 is 5.97 Å². The van der Waals surface area contributed by atoms with E-state index < -0.39 is 11.9 Å². The van der Waals surface area contributed by atoms with Gasteiger partial charge in [0.25, 0.3) is 5.91 Å². The number of aliphatic carboxylic acids is 1. The molecule has 0 radical (unpaired) electrons. The fourth-order valence-corrected chi connectivity index (χ4v) is 2.89. The highest BCUT2D eigenvalue weighted by Gasteiger charge is 2.23. The molecular formula is C20H17ClN2O4. The van der Waals surface area contributed by atoms with Crippen LogP contribution in [-0.2, 0) is 4.79 Å². The molecule has 0 aliphatic carbocycles. The minimum atomic E-state index is -0.906. The van der Waals surface area contributed by atoms with Crippen LogP contribution < -0.4 is 5.32 Å². The molecule has 7 heteroatoms. The number of hydrogen-bond acceptors (Lipinski definition) is 4. The number of aryl methyl sites for hydroxylation is 1. The summed E-state index contributed by atoms with van der Waals surface area (Å²) in [6.07, 6.45) is 0. The van der Waals surface area contributed by atoms with Crippen LogP contribution in [0.4, 0.5) is 5.69 Å². The predicted octanol–water partition coefficient (Wildman–Crippen LogP) is 4.74. The Bertz CT molecular complexity index is 995. The van der Waals surface area contributed by atoms with Crippen LogP contribution in [0, 0.1) is 6.92 Å². The Kier molecular flexibility index (Phi) is 5.28. The molecule has 1 aromatic heterocycles. The number of carboxylic acids is 1. The van der Waals surface area contributed by atoms with Gasteiger partial charge in [0, 0.05) is 11.3 Å². The molecular weight excluding hydrogens is 368 g/mol. The summed E-state index contributed by atoms with van der Waals surface area (Å²) in [7, 11) is 0. The molecule has 6 nitrogen and oxygen atoms in total. The summed E-state index contributed by atoms with van der Waals surface area (Å²) >= 11 is 6.22. The summed E-state index contributed by atoms with van der Waals surface area (Å²) in [6, 6.07) is 13.7. The van der Waals surface area contributed by atoms with Crippen LogP contribution in [-0.4, -0.2) is 22.1 Å². The monoisotopic (exact) mass is 384 g/mol. The molecule has 0 saturated carbocycles. The van der Waals surface area contributed by atoms with Gasteiger partial charge in [-0.1, -0.05) is 47.1 Å². The zero-order chi connectivity index (χ0) is 19.6. The standard InChI is InChI=1S/C20H17ClN2O4/c1-11(20(25)26)13-7-9-14(10-8-13)22-19(24)17-12(2)27-23-18(17)15-5-3-4-6-16(15)21/h3-11H,1-2H3,(H,22,24)(H,25,26). The molecule has 0 spiro atoms. The molecule has 0 aliphatic rings. The molecule has 3 aromatic rings.